The molecule has 0 spiro atoms. The molecule has 3 aromatic rings. The zero-order valence-corrected chi connectivity index (χ0v) is 22.0. The minimum atomic E-state index is -5.05. The van der Waals surface area contributed by atoms with E-state index in [0.717, 1.165) is 41.4 Å². The molecule has 34 heavy (non-hydrogen) atoms. The number of carbonyl (C=O) groups excluding carboxylic acids is 1. The van der Waals surface area contributed by atoms with Crippen LogP contribution in [0.4, 0.5) is 15.2 Å². The van der Waals surface area contributed by atoms with E-state index in [-0.39, 0.29) is 42.1 Å². The average molecular weight is 517 g/mol. The van der Waals surface area contributed by atoms with Gasteiger partial charge in [0.25, 0.3) is 5.91 Å². The van der Waals surface area contributed by atoms with Gasteiger partial charge in [0.15, 0.2) is 16.7 Å². The Bertz CT molecular complexity index is 1240. The molecule has 1 aromatic heterocycles. The molecule has 1 aliphatic rings. The number of amides is 1. The number of hydrogen-bond donors (Lipinski definition) is 4. The molecular formula is C21H22FN3NaO6PS. The number of anilines is 2. The minimum Gasteiger partial charge on any atom is -1.00 e. The summed E-state index contributed by atoms with van der Waals surface area (Å²) in [5, 5.41) is 12.3. The summed E-state index contributed by atoms with van der Waals surface area (Å²) in [5.41, 5.74) is 1.66. The van der Waals surface area contributed by atoms with Gasteiger partial charge in [-0.3, -0.25) is 19.9 Å². The Morgan fingerprint density at radius 1 is 1.26 bits per heavy atom. The Kier molecular flexibility index (Phi) is 8.88. The minimum absolute atomic E-state index is 0. The summed E-state index contributed by atoms with van der Waals surface area (Å²) in [7, 11) is -5.05. The van der Waals surface area contributed by atoms with Gasteiger partial charge in [-0.05, 0) is 42.7 Å². The fourth-order valence-corrected chi connectivity index (χ4v) is 4.84. The Morgan fingerprint density at radius 3 is 2.68 bits per heavy atom. The SMILES string of the molecule is O=C(Nc1ncc(-c2cccc(N3CCCC3)c2)s1)c1cc(F)c(OP(=O)(O)O)c(CO)c1.[H-].[Na+]. The first-order valence-electron chi connectivity index (χ1n) is 10.0. The van der Waals surface area contributed by atoms with Gasteiger partial charge in [-0.1, -0.05) is 23.5 Å². The number of thiazole rings is 1. The van der Waals surface area contributed by atoms with Crippen LogP contribution in [0.15, 0.2) is 42.6 Å². The van der Waals surface area contributed by atoms with Gasteiger partial charge < -0.3 is 16.0 Å². The van der Waals surface area contributed by atoms with E-state index in [2.05, 4.69) is 31.9 Å². The van der Waals surface area contributed by atoms with Crippen LogP contribution in [-0.4, -0.2) is 38.9 Å². The number of benzene rings is 2. The molecule has 1 saturated heterocycles. The normalized spacial score (nSPS) is 13.5. The maximum absolute atomic E-state index is 14.3. The molecule has 9 nitrogen and oxygen atoms in total. The van der Waals surface area contributed by atoms with Crippen LogP contribution in [0.3, 0.4) is 0 Å². The van der Waals surface area contributed by atoms with Crippen molar-refractivity contribution >= 4 is 35.9 Å². The fraction of sp³-hybridized carbons (Fsp3) is 0.238. The molecule has 0 atom stereocenters. The molecule has 2 heterocycles. The fourth-order valence-electron chi connectivity index (χ4n) is 3.59. The van der Waals surface area contributed by atoms with Crippen molar-refractivity contribution in [3.8, 4) is 16.2 Å². The molecule has 0 bridgehead atoms. The maximum Gasteiger partial charge on any atom is 1.00 e. The second-order valence-corrected chi connectivity index (χ2v) is 9.61. The van der Waals surface area contributed by atoms with Crippen LogP contribution in [0, 0.1) is 5.82 Å². The average Bonchev–Trinajstić information content (AvgIpc) is 3.46. The Labute approximate surface area is 222 Å². The van der Waals surface area contributed by atoms with Gasteiger partial charge in [0.1, 0.15) is 0 Å². The van der Waals surface area contributed by atoms with Crippen LogP contribution in [0.2, 0.25) is 0 Å². The van der Waals surface area contributed by atoms with Crippen LogP contribution in [0.5, 0.6) is 5.75 Å². The van der Waals surface area contributed by atoms with E-state index in [9.17, 15) is 18.9 Å². The molecule has 4 rings (SSSR count). The largest absolute Gasteiger partial charge is 1.00 e. The summed E-state index contributed by atoms with van der Waals surface area (Å²) >= 11 is 1.25. The Balaban J connectivity index is 0.00000216. The first-order valence-corrected chi connectivity index (χ1v) is 12.4. The van der Waals surface area contributed by atoms with Crippen LogP contribution >= 0.6 is 19.2 Å². The van der Waals surface area contributed by atoms with E-state index in [0.29, 0.717) is 5.13 Å². The smallest absolute Gasteiger partial charge is 1.00 e. The summed E-state index contributed by atoms with van der Waals surface area (Å²) in [4.78, 5) is 37.8. The van der Waals surface area contributed by atoms with Crippen LogP contribution < -0.4 is 44.3 Å². The number of phosphoric ester groups is 1. The van der Waals surface area contributed by atoms with Crippen LogP contribution in [-0.2, 0) is 11.2 Å². The standard InChI is InChI=1S/C21H21FN3O6PS.Na.H/c22-17-10-14(8-15(12-26)19(17)31-32(28,29)30)20(27)24-21-23-11-18(33-21)13-4-3-5-16(9-13)25-6-1-2-7-25;;/h3-5,8-11,26H,1-2,6-7,12H2,(H,23,24,27)(H2,28,29,30);;/q;+1;-1. The zero-order chi connectivity index (χ0) is 23.6. The predicted octanol–water partition coefficient (Wildman–Crippen LogP) is 0.882. The number of nitrogens with one attached hydrogen (secondary N) is 1. The third kappa shape index (κ3) is 6.44. The molecule has 1 fully saturated rings. The predicted molar refractivity (Wildman–Crippen MR) is 123 cm³/mol. The van der Waals surface area contributed by atoms with E-state index in [1.54, 1.807) is 6.20 Å². The number of nitrogens with zero attached hydrogens (tertiary/aromatic N) is 2. The summed E-state index contributed by atoms with van der Waals surface area (Å²) in [6, 6.07) is 9.94. The topological polar surface area (TPSA) is 132 Å². The van der Waals surface area contributed by atoms with E-state index >= 15 is 0 Å². The van der Waals surface area contributed by atoms with Crippen molar-refractivity contribution in [3.05, 3.63) is 59.5 Å². The van der Waals surface area contributed by atoms with E-state index in [1.165, 1.54) is 24.2 Å². The summed E-state index contributed by atoms with van der Waals surface area (Å²) in [6.07, 6.45) is 3.98. The quantitative estimate of drug-likeness (QED) is 0.268. The second-order valence-electron chi connectivity index (χ2n) is 7.41. The van der Waals surface area contributed by atoms with Crippen LogP contribution in [0.25, 0.3) is 10.4 Å². The second kappa shape index (κ2) is 11.3. The molecule has 1 amide bonds. The van der Waals surface area contributed by atoms with Crippen molar-refractivity contribution in [3.63, 3.8) is 0 Å². The van der Waals surface area contributed by atoms with Crippen molar-refractivity contribution < 1.29 is 64.2 Å². The van der Waals surface area contributed by atoms with Gasteiger partial charge in [0.2, 0.25) is 0 Å². The van der Waals surface area contributed by atoms with Gasteiger partial charge in [0, 0.05) is 36.1 Å². The van der Waals surface area contributed by atoms with E-state index in [1.807, 2.05) is 12.1 Å². The van der Waals surface area contributed by atoms with Crippen molar-refractivity contribution in [2.75, 3.05) is 23.3 Å². The Morgan fingerprint density at radius 2 is 2.00 bits per heavy atom. The van der Waals surface area contributed by atoms with Gasteiger partial charge in [-0.15, -0.1) is 0 Å². The zero-order valence-electron chi connectivity index (χ0n) is 19.3. The number of aliphatic hydroxyl groups is 1. The van der Waals surface area contributed by atoms with E-state index in [4.69, 9.17) is 9.79 Å². The summed E-state index contributed by atoms with van der Waals surface area (Å²) < 4.78 is 29.7. The molecule has 0 unspecified atom stereocenters. The molecule has 0 radical (unpaired) electrons. The maximum atomic E-state index is 14.3. The van der Waals surface area contributed by atoms with Crippen LogP contribution in [0.1, 0.15) is 30.2 Å². The number of carbonyl (C=O) groups is 1. The van der Waals surface area contributed by atoms with Gasteiger partial charge in [-0.25, -0.2) is 13.9 Å². The number of halogens is 1. The summed E-state index contributed by atoms with van der Waals surface area (Å²) in [5.74, 6) is -2.69. The number of aromatic nitrogens is 1. The molecular weight excluding hydrogens is 495 g/mol. The van der Waals surface area contributed by atoms with Gasteiger partial charge in [0.05, 0.1) is 11.5 Å². The van der Waals surface area contributed by atoms with Gasteiger partial charge in [-0.2, -0.15) is 0 Å². The van der Waals surface area contributed by atoms with E-state index < -0.39 is 31.9 Å². The Hall–Kier alpha value is -1.82. The molecule has 2 aromatic carbocycles. The van der Waals surface area contributed by atoms with Crippen molar-refractivity contribution in [2.45, 2.75) is 19.4 Å². The number of phosphoric acid groups is 1. The monoisotopic (exact) mass is 517 g/mol. The molecule has 1 aliphatic heterocycles. The summed E-state index contributed by atoms with van der Waals surface area (Å²) in [6.45, 7) is 1.26. The number of aliphatic hydroxyl groups excluding tert-OH is 1. The first kappa shape index (κ1) is 26.8. The molecule has 0 saturated carbocycles. The van der Waals surface area contributed by atoms with Crippen molar-refractivity contribution in [1.82, 2.24) is 4.98 Å². The third-order valence-electron chi connectivity index (χ3n) is 5.09. The third-order valence-corrected chi connectivity index (χ3v) is 6.47. The van der Waals surface area contributed by atoms with Crippen molar-refractivity contribution in [2.24, 2.45) is 0 Å². The number of hydrogen-bond acceptors (Lipinski definition) is 7. The molecule has 176 valence electrons. The molecule has 4 N–H and O–H groups in total. The molecule has 13 heteroatoms. The molecule has 0 aliphatic carbocycles. The number of rotatable bonds is 7. The van der Waals surface area contributed by atoms with Crippen molar-refractivity contribution in [1.29, 1.82) is 0 Å². The first-order chi connectivity index (χ1) is 15.7. The van der Waals surface area contributed by atoms with Gasteiger partial charge >= 0.3 is 37.4 Å².